The number of para-hydroxylation sites is 1. The van der Waals surface area contributed by atoms with Crippen LogP contribution in [0.4, 0.5) is 10.1 Å². The van der Waals surface area contributed by atoms with Gasteiger partial charge in [-0.15, -0.1) is 0 Å². The zero-order chi connectivity index (χ0) is 19.7. The molecule has 0 unspecified atom stereocenters. The zero-order valence-corrected chi connectivity index (χ0v) is 15.8. The van der Waals surface area contributed by atoms with Crippen LogP contribution in [0.5, 0.6) is 0 Å². The molecule has 2 aromatic carbocycles. The number of nitrogens with one attached hydrogen (secondary N) is 1. The van der Waals surface area contributed by atoms with Crippen molar-refractivity contribution in [1.82, 2.24) is 9.55 Å². The molecule has 0 fully saturated rings. The molecule has 2 aromatic heterocycles. The molecule has 1 amide bonds. The fourth-order valence-electron chi connectivity index (χ4n) is 2.90. The minimum Gasteiger partial charge on any atom is -0.448 e. The van der Waals surface area contributed by atoms with Crippen LogP contribution in [0.3, 0.4) is 0 Å². The highest BCUT2D eigenvalue weighted by Crippen LogP contribution is 2.27. The van der Waals surface area contributed by atoms with Gasteiger partial charge in [0.1, 0.15) is 16.9 Å². The van der Waals surface area contributed by atoms with Crippen molar-refractivity contribution >= 4 is 45.4 Å². The van der Waals surface area contributed by atoms with E-state index in [0.717, 1.165) is 5.39 Å². The number of halogens is 1. The van der Waals surface area contributed by atoms with E-state index in [-0.39, 0.29) is 28.6 Å². The third-order valence-corrected chi connectivity index (χ3v) is 5.20. The first-order chi connectivity index (χ1) is 13.6. The molecule has 0 aliphatic heterocycles. The van der Waals surface area contributed by atoms with Crippen molar-refractivity contribution in [3.05, 3.63) is 64.7 Å². The predicted octanol–water partition coefficient (Wildman–Crippen LogP) is 4.03. The lowest BCUT2D eigenvalue weighted by Gasteiger charge is -2.09. The first kappa shape index (κ1) is 18.2. The van der Waals surface area contributed by atoms with Gasteiger partial charge in [0.15, 0.2) is 5.16 Å². The Balaban J connectivity index is 1.62. The maximum absolute atomic E-state index is 13.0. The number of rotatable bonds is 5. The summed E-state index contributed by atoms with van der Waals surface area (Å²) in [6.07, 6.45) is 0. The van der Waals surface area contributed by atoms with Crippen LogP contribution in [-0.4, -0.2) is 21.2 Å². The summed E-state index contributed by atoms with van der Waals surface area (Å²) < 4.78 is 20.1. The predicted molar refractivity (Wildman–Crippen MR) is 107 cm³/mol. The Bertz CT molecular complexity index is 1230. The molecule has 0 bridgehead atoms. The van der Waals surface area contributed by atoms with Gasteiger partial charge in [-0.05, 0) is 43.3 Å². The molecular weight excluding hydrogens is 381 g/mol. The minimum atomic E-state index is -0.371. The third-order valence-electron chi connectivity index (χ3n) is 4.22. The van der Waals surface area contributed by atoms with Crippen LogP contribution in [0.15, 0.2) is 62.9 Å². The average molecular weight is 397 g/mol. The second-order valence-corrected chi connectivity index (χ2v) is 7.01. The van der Waals surface area contributed by atoms with Gasteiger partial charge in [-0.2, -0.15) is 0 Å². The first-order valence-electron chi connectivity index (χ1n) is 8.67. The largest absolute Gasteiger partial charge is 0.448 e. The van der Waals surface area contributed by atoms with Crippen molar-refractivity contribution in [3.8, 4) is 0 Å². The Morgan fingerprint density at radius 1 is 1.21 bits per heavy atom. The molecule has 2 heterocycles. The lowest BCUT2D eigenvalue weighted by Crippen LogP contribution is -2.23. The van der Waals surface area contributed by atoms with E-state index in [2.05, 4.69) is 10.3 Å². The van der Waals surface area contributed by atoms with Gasteiger partial charge in [0.2, 0.25) is 11.5 Å². The van der Waals surface area contributed by atoms with E-state index in [1.807, 2.05) is 25.1 Å². The number of hydrogen-bond acceptors (Lipinski definition) is 5. The van der Waals surface area contributed by atoms with Gasteiger partial charge in [0.05, 0.1) is 5.75 Å². The summed E-state index contributed by atoms with van der Waals surface area (Å²) in [6, 6.07) is 12.8. The zero-order valence-electron chi connectivity index (χ0n) is 14.9. The molecule has 0 spiro atoms. The summed E-state index contributed by atoms with van der Waals surface area (Å²) in [4.78, 5) is 29.6. The van der Waals surface area contributed by atoms with Crippen LogP contribution in [0.25, 0.3) is 22.1 Å². The van der Waals surface area contributed by atoms with Gasteiger partial charge in [-0.3, -0.25) is 14.2 Å². The molecule has 28 heavy (non-hydrogen) atoms. The molecule has 4 rings (SSSR count). The van der Waals surface area contributed by atoms with E-state index in [1.165, 1.54) is 40.6 Å². The van der Waals surface area contributed by atoms with Gasteiger partial charge in [0.25, 0.3) is 5.56 Å². The number of anilines is 1. The van der Waals surface area contributed by atoms with E-state index < -0.39 is 0 Å². The maximum Gasteiger partial charge on any atom is 0.297 e. The maximum atomic E-state index is 13.0. The molecule has 1 N–H and O–H groups in total. The van der Waals surface area contributed by atoms with Gasteiger partial charge in [0, 0.05) is 17.6 Å². The van der Waals surface area contributed by atoms with Crippen molar-refractivity contribution in [2.45, 2.75) is 18.6 Å². The molecule has 142 valence electrons. The number of aromatic nitrogens is 2. The molecule has 0 aliphatic rings. The third kappa shape index (κ3) is 3.38. The van der Waals surface area contributed by atoms with Crippen LogP contribution < -0.4 is 10.9 Å². The van der Waals surface area contributed by atoms with Crippen molar-refractivity contribution < 1.29 is 13.6 Å². The Morgan fingerprint density at radius 2 is 1.96 bits per heavy atom. The number of fused-ring (bicyclic) bond motifs is 3. The van der Waals surface area contributed by atoms with Crippen LogP contribution in [-0.2, 0) is 11.3 Å². The summed E-state index contributed by atoms with van der Waals surface area (Å²) in [7, 11) is 0. The van der Waals surface area contributed by atoms with Crippen LogP contribution in [0.1, 0.15) is 6.92 Å². The fourth-order valence-corrected chi connectivity index (χ4v) is 3.76. The van der Waals surface area contributed by atoms with Gasteiger partial charge >= 0.3 is 0 Å². The van der Waals surface area contributed by atoms with Gasteiger partial charge in [-0.25, -0.2) is 9.37 Å². The Labute approximate surface area is 163 Å². The number of nitrogens with zero attached hydrogens (tertiary/aromatic N) is 2. The molecular formula is C20H16FN3O3S. The first-order valence-corrected chi connectivity index (χ1v) is 9.65. The van der Waals surface area contributed by atoms with E-state index in [1.54, 1.807) is 6.07 Å². The molecule has 0 atom stereocenters. The Morgan fingerprint density at radius 3 is 2.71 bits per heavy atom. The summed E-state index contributed by atoms with van der Waals surface area (Å²) >= 11 is 1.17. The number of benzene rings is 2. The monoisotopic (exact) mass is 397 g/mol. The second kappa shape index (κ2) is 7.47. The van der Waals surface area contributed by atoms with Crippen molar-refractivity contribution in [3.63, 3.8) is 0 Å². The SMILES string of the molecule is CCn1c(SCC(=O)Nc2ccc(F)cc2)nc2c(oc3ccccc32)c1=O. The highest BCUT2D eigenvalue weighted by molar-refractivity contribution is 7.99. The summed E-state index contributed by atoms with van der Waals surface area (Å²) in [5.41, 5.74) is 1.53. The molecule has 6 nitrogen and oxygen atoms in total. The number of thioether (sulfide) groups is 1. The lowest BCUT2D eigenvalue weighted by atomic mass is 10.2. The highest BCUT2D eigenvalue weighted by atomic mass is 32.2. The quantitative estimate of drug-likeness (QED) is 0.406. The van der Waals surface area contributed by atoms with Gasteiger partial charge in [-0.1, -0.05) is 23.9 Å². The summed E-state index contributed by atoms with van der Waals surface area (Å²) in [5, 5.41) is 3.90. The molecule has 8 heteroatoms. The van der Waals surface area contributed by atoms with Crippen molar-refractivity contribution in [2.24, 2.45) is 0 Å². The van der Waals surface area contributed by atoms with E-state index in [0.29, 0.717) is 28.5 Å². The summed E-state index contributed by atoms with van der Waals surface area (Å²) in [5.74, 6) is -0.583. The molecule has 0 saturated carbocycles. The van der Waals surface area contributed by atoms with Gasteiger partial charge < -0.3 is 9.73 Å². The molecule has 4 aromatic rings. The Hall–Kier alpha value is -3.13. The standard InChI is InChI=1S/C20H16FN3O3S/c1-2-24-19(26)18-17(14-5-3-4-6-15(14)27-18)23-20(24)28-11-16(25)22-13-9-7-12(21)8-10-13/h3-10H,2,11H2,1H3,(H,22,25). The molecule has 0 radical (unpaired) electrons. The number of amides is 1. The second-order valence-electron chi connectivity index (χ2n) is 6.06. The van der Waals surface area contributed by atoms with Crippen molar-refractivity contribution in [1.29, 1.82) is 0 Å². The van der Waals surface area contributed by atoms with Crippen LogP contribution >= 0.6 is 11.8 Å². The molecule has 0 saturated heterocycles. The smallest absolute Gasteiger partial charge is 0.297 e. The average Bonchev–Trinajstić information content (AvgIpc) is 3.07. The lowest BCUT2D eigenvalue weighted by molar-refractivity contribution is -0.113. The fraction of sp³-hybridized carbons (Fsp3) is 0.150. The van der Waals surface area contributed by atoms with E-state index in [9.17, 15) is 14.0 Å². The number of carbonyl (C=O) groups is 1. The summed E-state index contributed by atoms with van der Waals surface area (Å²) in [6.45, 7) is 2.24. The Kier molecular flexibility index (Phi) is 4.87. The minimum absolute atomic E-state index is 0.0606. The topological polar surface area (TPSA) is 77.1 Å². The number of hydrogen-bond donors (Lipinski definition) is 1. The number of furan rings is 1. The van der Waals surface area contributed by atoms with E-state index >= 15 is 0 Å². The normalized spacial score (nSPS) is 11.2. The van der Waals surface area contributed by atoms with Crippen LogP contribution in [0.2, 0.25) is 0 Å². The number of carbonyl (C=O) groups excluding carboxylic acids is 1. The van der Waals surface area contributed by atoms with Crippen LogP contribution in [0, 0.1) is 5.82 Å². The molecule has 0 aliphatic carbocycles. The highest BCUT2D eigenvalue weighted by Gasteiger charge is 2.17. The van der Waals surface area contributed by atoms with E-state index in [4.69, 9.17) is 4.42 Å². The van der Waals surface area contributed by atoms with Crippen molar-refractivity contribution in [2.75, 3.05) is 11.1 Å².